The highest BCUT2D eigenvalue weighted by Crippen LogP contribution is 2.34. The fraction of sp³-hybridized carbons (Fsp3) is 0.273. The highest BCUT2D eigenvalue weighted by molar-refractivity contribution is 6.33. The van der Waals surface area contributed by atoms with Gasteiger partial charge in [0.05, 0.1) is 18.8 Å². The molecule has 0 aromatic heterocycles. The van der Waals surface area contributed by atoms with Gasteiger partial charge in [-0.2, -0.15) is 0 Å². The Balaban J connectivity index is 1.85. The average Bonchev–Trinajstić information content (AvgIpc) is 3.01. The Labute approximate surface area is 159 Å². The van der Waals surface area contributed by atoms with Gasteiger partial charge >= 0.3 is 5.97 Å². The lowest BCUT2D eigenvalue weighted by Gasteiger charge is -2.10. The molecule has 2 aromatic rings. The first-order chi connectivity index (χ1) is 13.1. The zero-order valence-corrected chi connectivity index (χ0v) is 15.6. The molecule has 3 rings (SSSR count). The lowest BCUT2D eigenvalue weighted by atomic mass is 10.1. The zero-order chi connectivity index (χ0) is 19.2. The molecule has 0 saturated heterocycles. The van der Waals surface area contributed by atoms with Gasteiger partial charge < -0.3 is 9.47 Å². The molecule has 0 spiro atoms. The van der Waals surface area contributed by atoms with E-state index in [9.17, 15) is 10.0 Å². The predicted molar refractivity (Wildman–Crippen MR) is 103 cm³/mol. The molecule has 0 heterocycles. The van der Waals surface area contributed by atoms with Gasteiger partial charge in [0.1, 0.15) is 5.76 Å². The number of rotatable bonds is 7. The lowest BCUT2D eigenvalue weighted by molar-refractivity contribution is -0.753. The Morgan fingerprint density at radius 2 is 1.70 bits per heavy atom. The Bertz CT molecular complexity index is 880. The normalized spacial score (nSPS) is 14.7. The minimum absolute atomic E-state index is 0.252. The van der Waals surface area contributed by atoms with Crippen LogP contribution < -0.4 is 0 Å². The largest absolute Gasteiger partial charge is 0.492 e. The van der Waals surface area contributed by atoms with Crippen molar-refractivity contribution < 1.29 is 24.2 Å². The molecule has 1 aliphatic rings. The van der Waals surface area contributed by atoms with Crippen LogP contribution in [0, 0.1) is 0 Å². The maximum Gasteiger partial charge on any atom is 0.348 e. The first-order valence-corrected chi connectivity index (χ1v) is 9.11. The van der Waals surface area contributed by atoms with Gasteiger partial charge in [-0.3, -0.25) is 5.21 Å². The SMILES string of the molecule is CCOC(=O)C1=C(OCCCc2ccccc2)c2ccccc2/C1=[N+](/C)O. The summed E-state index contributed by atoms with van der Waals surface area (Å²) in [6.45, 7) is 2.47. The predicted octanol–water partition coefficient (Wildman–Crippen LogP) is 3.44. The van der Waals surface area contributed by atoms with Gasteiger partial charge in [-0.1, -0.05) is 48.5 Å². The third-order valence-electron chi connectivity index (χ3n) is 4.39. The molecule has 140 valence electrons. The fourth-order valence-corrected chi connectivity index (χ4v) is 3.24. The zero-order valence-electron chi connectivity index (χ0n) is 15.6. The van der Waals surface area contributed by atoms with E-state index >= 15 is 0 Å². The molecule has 1 N–H and O–H groups in total. The molecule has 0 saturated carbocycles. The van der Waals surface area contributed by atoms with Crippen LogP contribution in [0.5, 0.6) is 0 Å². The van der Waals surface area contributed by atoms with Crippen LogP contribution in [-0.4, -0.2) is 41.9 Å². The summed E-state index contributed by atoms with van der Waals surface area (Å²) in [6, 6.07) is 17.7. The number of carbonyl (C=O) groups excluding carboxylic acids is 1. The monoisotopic (exact) mass is 366 g/mol. The molecule has 0 unspecified atom stereocenters. The number of nitrogens with zero attached hydrogens (tertiary/aromatic N) is 1. The molecular formula is C22H24NO4+. The summed E-state index contributed by atoms with van der Waals surface area (Å²) in [5, 5.41) is 10.1. The summed E-state index contributed by atoms with van der Waals surface area (Å²) in [4.78, 5) is 12.6. The molecule has 0 aliphatic heterocycles. The van der Waals surface area contributed by atoms with E-state index in [0.29, 0.717) is 18.1 Å². The number of aryl methyl sites for hydroxylation is 1. The average molecular weight is 366 g/mol. The third-order valence-corrected chi connectivity index (χ3v) is 4.39. The second-order valence-corrected chi connectivity index (χ2v) is 6.28. The smallest absolute Gasteiger partial charge is 0.348 e. The summed E-state index contributed by atoms with van der Waals surface area (Å²) in [7, 11) is 1.49. The van der Waals surface area contributed by atoms with Gasteiger partial charge in [0.25, 0.3) is 5.71 Å². The third kappa shape index (κ3) is 4.03. The van der Waals surface area contributed by atoms with Crippen LogP contribution in [0.1, 0.15) is 30.0 Å². The summed E-state index contributed by atoms with van der Waals surface area (Å²) in [5.74, 6) is -0.0318. The molecule has 5 heteroatoms. The molecule has 0 bridgehead atoms. The van der Waals surface area contributed by atoms with Gasteiger partial charge in [0, 0.05) is 5.56 Å². The number of ether oxygens (including phenoxy) is 2. The van der Waals surface area contributed by atoms with E-state index < -0.39 is 5.97 Å². The van der Waals surface area contributed by atoms with Gasteiger partial charge in [-0.05, 0) is 36.1 Å². The molecule has 0 amide bonds. The second-order valence-electron chi connectivity index (χ2n) is 6.28. The number of carbonyl (C=O) groups is 1. The molecular weight excluding hydrogens is 342 g/mol. The fourth-order valence-electron chi connectivity index (χ4n) is 3.24. The lowest BCUT2D eigenvalue weighted by Crippen LogP contribution is -2.22. The van der Waals surface area contributed by atoms with E-state index in [4.69, 9.17) is 9.47 Å². The number of benzene rings is 2. The molecule has 5 nitrogen and oxygen atoms in total. The van der Waals surface area contributed by atoms with Crippen LogP contribution in [-0.2, 0) is 20.7 Å². The Morgan fingerprint density at radius 1 is 1.04 bits per heavy atom. The van der Waals surface area contributed by atoms with Crippen molar-refractivity contribution >= 4 is 17.4 Å². The van der Waals surface area contributed by atoms with Crippen molar-refractivity contribution in [3.63, 3.8) is 0 Å². The number of fused-ring (bicyclic) bond motifs is 1. The maximum absolute atomic E-state index is 12.6. The number of hydrogen-bond acceptors (Lipinski definition) is 4. The molecule has 2 aromatic carbocycles. The number of hydroxylamine groups is 1. The molecule has 0 fully saturated rings. The van der Waals surface area contributed by atoms with E-state index in [0.717, 1.165) is 28.7 Å². The van der Waals surface area contributed by atoms with E-state index in [1.807, 2.05) is 42.5 Å². The van der Waals surface area contributed by atoms with Crippen LogP contribution in [0.15, 0.2) is 60.2 Å². The van der Waals surface area contributed by atoms with Gasteiger partial charge in [-0.25, -0.2) is 4.79 Å². The molecule has 0 atom stereocenters. The van der Waals surface area contributed by atoms with Crippen molar-refractivity contribution in [2.24, 2.45) is 0 Å². The molecule has 1 aliphatic carbocycles. The van der Waals surface area contributed by atoms with Crippen molar-refractivity contribution in [2.75, 3.05) is 20.3 Å². The number of hydrogen-bond donors (Lipinski definition) is 1. The van der Waals surface area contributed by atoms with Crippen LogP contribution in [0.25, 0.3) is 5.76 Å². The number of esters is 1. The summed E-state index contributed by atoms with van der Waals surface area (Å²) in [6.07, 6.45) is 1.71. The van der Waals surface area contributed by atoms with Gasteiger partial charge in [0.2, 0.25) is 0 Å². The van der Waals surface area contributed by atoms with Crippen molar-refractivity contribution in [1.29, 1.82) is 0 Å². The summed E-state index contributed by atoms with van der Waals surface area (Å²) in [5.41, 5.74) is 3.46. The highest BCUT2D eigenvalue weighted by Gasteiger charge is 2.41. The second kappa shape index (κ2) is 8.54. The summed E-state index contributed by atoms with van der Waals surface area (Å²) < 4.78 is 12.2. The van der Waals surface area contributed by atoms with Crippen molar-refractivity contribution in [2.45, 2.75) is 19.8 Å². The maximum atomic E-state index is 12.6. The minimum atomic E-state index is -0.498. The summed E-state index contributed by atoms with van der Waals surface area (Å²) >= 11 is 0. The quantitative estimate of drug-likeness (QED) is 0.268. The molecule has 27 heavy (non-hydrogen) atoms. The Hall–Kier alpha value is -3.08. The Kier molecular flexibility index (Phi) is 5.91. The van der Waals surface area contributed by atoms with E-state index in [2.05, 4.69) is 12.1 Å². The topological polar surface area (TPSA) is 58.8 Å². The first kappa shape index (κ1) is 18.7. The standard InChI is InChI=1S/C22H24NO4/c1-3-26-22(24)19-20(23(2)25)17-13-7-8-14-18(17)21(19)27-15-9-12-16-10-5-4-6-11-16/h4-8,10-11,13-14,25H,3,9,12,15H2,1-2H3/q+1/b23-20+. The molecule has 0 radical (unpaired) electrons. The first-order valence-electron chi connectivity index (χ1n) is 9.11. The van der Waals surface area contributed by atoms with Gasteiger partial charge in [0.15, 0.2) is 12.6 Å². The van der Waals surface area contributed by atoms with E-state index in [1.165, 1.54) is 12.6 Å². The van der Waals surface area contributed by atoms with Crippen molar-refractivity contribution in [3.05, 3.63) is 76.9 Å². The Morgan fingerprint density at radius 3 is 2.37 bits per heavy atom. The van der Waals surface area contributed by atoms with Crippen LogP contribution in [0.2, 0.25) is 0 Å². The van der Waals surface area contributed by atoms with Crippen LogP contribution in [0.4, 0.5) is 0 Å². The van der Waals surface area contributed by atoms with Crippen molar-refractivity contribution in [3.8, 4) is 0 Å². The highest BCUT2D eigenvalue weighted by atomic mass is 16.5. The van der Waals surface area contributed by atoms with Crippen LogP contribution in [0.3, 0.4) is 0 Å². The van der Waals surface area contributed by atoms with E-state index in [-0.39, 0.29) is 12.2 Å². The van der Waals surface area contributed by atoms with Crippen molar-refractivity contribution in [1.82, 2.24) is 0 Å². The minimum Gasteiger partial charge on any atom is -0.492 e. The van der Waals surface area contributed by atoms with Crippen LogP contribution >= 0.6 is 0 Å². The van der Waals surface area contributed by atoms with E-state index in [1.54, 1.807) is 6.92 Å². The van der Waals surface area contributed by atoms with Gasteiger partial charge in [-0.15, -0.1) is 0 Å².